The Balaban J connectivity index is 1.35. The van der Waals surface area contributed by atoms with Crippen LogP contribution in [0.2, 0.25) is 0 Å². The summed E-state index contributed by atoms with van der Waals surface area (Å²) in [6, 6.07) is 13.4. The van der Waals surface area contributed by atoms with Crippen molar-refractivity contribution >= 4 is 5.91 Å². The van der Waals surface area contributed by atoms with Gasteiger partial charge in [-0.15, -0.1) is 0 Å². The van der Waals surface area contributed by atoms with E-state index in [1.165, 1.54) is 0 Å². The smallest absolute Gasteiger partial charge is 0.254 e. The van der Waals surface area contributed by atoms with E-state index in [4.69, 9.17) is 4.74 Å². The van der Waals surface area contributed by atoms with Gasteiger partial charge in [0, 0.05) is 30.9 Å². The maximum Gasteiger partial charge on any atom is 0.254 e. The van der Waals surface area contributed by atoms with Crippen molar-refractivity contribution in [3.8, 4) is 5.88 Å². The topological polar surface area (TPSA) is 62.7 Å². The van der Waals surface area contributed by atoms with Gasteiger partial charge in [-0.05, 0) is 55.6 Å². The first-order chi connectivity index (χ1) is 13.6. The molecule has 0 bridgehead atoms. The number of pyridine rings is 1. The first-order valence-corrected chi connectivity index (χ1v) is 10.2. The average Bonchev–Trinajstić information content (AvgIpc) is 2.76. The van der Waals surface area contributed by atoms with Crippen molar-refractivity contribution in [3.63, 3.8) is 0 Å². The van der Waals surface area contributed by atoms with Crippen LogP contribution >= 0.6 is 0 Å². The van der Waals surface area contributed by atoms with Gasteiger partial charge in [-0.2, -0.15) is 0 Å². The van der Waals surface area contributed by atoms with E-state index in [1.807, 2.05) is 35.2 Å². The lowest BCUT2D eigenvalue weighted by atomic mass is 9.67. The molecule has 1 aliphatic heterocycles. The number of rotatable bonds is 4. The molecule has 1 N–H and O–H groups in total. The Morgan fingerprint density at radius 1 is 1.11 bits per heavy atom. The number of benzene rings is 1. The van der Waals surface area contributed by atoms with Crippen LogP contribution in [0.4, 0.5) is 0 Å². The Kier molecular flexibility index (Phi) is 5.62. The molecule has 4 rings (SSSR count). The standard InChI is InChI=1S/C23H28N2O3/c26-20-6-9-23(10-7-20)11-14-25(15-12-23)22(27)19-8-13-24-21(16-19)28-17-18-4-2-1-3-5-18/h1-5,8,13,16,20,26H,6-7,9-12,14-15,17H2. The molecule has 1 spiro atoms. The minimum Gasteiger partial charge on any atom is -0.473 e. The fourth-order valence-electron chi connectivity index (χ4n) is 4.43. The van der Waals surface area contributed by atoms with Crippen molar-refractivity contribution in [3.05, 3.63) is 59.8 Å². The molecule has 1 saturated carbocycles. The maximum absolute atomic E-state index is 13.0. The highest BCUT2D eigenvalue weighted by Crippen LogP contribution is 2.44. The summed E-state index contributed by atoms with van der Waals surface area (Å²) in [6.45, 7) is 2.01. The first-order valence-electron chi connectivity index (χ1n) is 10.2. The van der Waals surface area contributed by atoms with Gasteiger partial charge in [-0.3, -0.25) is 4.79 Å². The Labute approximate surface area is 166 Å². The molecule has 148 valence electrons. The summed E-state index contributed by atoms with van der Waals surface area (Å²) in [4.78, 5) is 19.1. The van der Waals surface area contributed by atoms with E-state index in [1.54, 1.807) is 18.3 Å². The van der Waals surface area contributed by atoms with Gasteiger partial charge in [-0.1, -0.05) is 30.3 Å². The summed E-state index contributed by atoms with van der Waals surface area (Å²) in [5.41, 5.74) is 2.03. The Hall–Kier alpha value is -2.40. The van der Waals surface area contributed by atoms with Crippen LogP contribution in [-0.2, 0) is 6.61 Å². The number of amides is 1. The Morgan fingerprint density at radius 2 is 1.82 bits per heavy atom. The number of likely N-dealkylation sites (tertiary alicyclic amines) is 1. The van der Waals surface area contributed by atoms with Crippen LogP contribution in [0, 0.1) is 5.41 Å². The predicted molar refractivity (Wildman–Crippen MR) is 107 cm³/mol. The van der Waals surface area contributed by atoms with E-state index in [-0.39, 0.29) is 12.0 Å². The van der Waals surface area contributed by atoms with E-state index in [0.717, 1.165) is 57.2 Å². The number of carbonyl (C=O) groups excluding carboxylic acids is 1. The number of hydrogen-bond donors (Lipinski definition) is 1. The minimum atomic E-state index is -0.128. The summed E-state index contributed by atoms with van der Waals surface area (Å²) < 4.78 is 5.76. The average molecular weight is 380 g/mol. The minimum absolute atomic E-state index is 0.0534. The van der Waals surface area contributed by atoms with Gasteiger partial charge in [0.25, 0.3) is 5.91 Å². The lowest BCUT2D eigenvalue weighted by molar-refractivity contribution is 0.0168. The molecule has 0 unspecified atom stereocenters. The van der Waals surface area contributed by atoms with Crippen molar-refractivity contribution in [2.45, 2.75) is 51.2 Å². The number of nitrogens with zero attached hydrogens (tertiary/aromatic N) is 2. The number of aliphatic hydroxyl groups is 1. The van der Waals surface area contributed by atoms with Crippen LogP contribution in [0.3, 0.4) is 0 Å². The molecule has 5 heteroatoms. The normalized spacial score (nSPS) is 19.5. The molecule has 1 aliphatic carbocycles. The molecule has 2 fully saturated rings. The number of hydrogen-bond acceptors (Lipinski definition) is 4. The molecule has 0 radical (unpaired) electrons. The van der Waals surface area contributed by atoms with Gasteiger partial charge in [0.1, 0.15) is 6.61 Å². The molecular weight excluding hydrogens is 352 g/mol. The fourth-order valence-corrected chi connectivity index (χ4v) is 4.43. The summed E-state index contributed by atoms with van der Waals surface area (Å²) in [5.74, 6) is 0.530. The molecule has 5 nitrogen and oxygen atoms in total. The largest absolute Gasteiger partial charge is 0.473 e. The highest BCUT2D eigenvalue weighted by molar-refractivity contribution is 5.94. The van der Waals surface area contributed by atoms with Crippen molar-refractivity contribution < 1.29 is 14.6 Å². The third-order valence-electron chi connectivity index (χ3n) is 6.34. The van der Waals surface area contributed by atoms with Crippen molar-refractivity contribution in [1.82, 2.24) is 9.88 Å². The summed E-state index contributed by atoms with van der Waals surface area (Å²) in [5, 5.41) is 9.77. The van der Waals surface area contributed by atoms with Crippen LogP contribution in [0.15, 0.2) is 48.7 Å². The van der Waals surface area contributed by atoms with Crippen LogP contribution in [0.5, 0.6) is 5.88 Å². The summed E-state index contributed by atoms with van der Waals surface area (Å²) in [6.07, 6.45) is 7.56. The van der Waals surface area contributed by atoms with Gasteiger partial charge in [0.05, 0.1) is 6.10 Å². The monoisotopic (exact) mass is 380 g/mol. The molecule has 1 aromatic carbocycles. The van der Waals surface area contributed by atoms with Crippen molar-refractivity contribution in [2.24, 2.45) is 5.41 Å². The molecule has 1 saturated heterocycles. The molecule has 1 amide bonds. The highest BCUT2D eigenvalue weighted by atomic mass is 16.5. The number of piperidine rings is 1. The van der Waals surface area contributed by atoms with Crippen molar-refractivity contribution in [1.29, 1.82) is 0 Å². The molecule has 2 aliphatic rings. The van der Waals surface area contributed by atoms with Gasteiger partial charge in [-0.25, -0.2) is 4.98 Å². The third kappa shape index (κ3) is 4.36. The van der Waals surface area contributed by atoms with E-state index in [0.29, 0.717) is 23.5 Å². The molecule has 2 heterocycles. The molecular formula is C23H28N2O3. The molecule has 1 aromatic heterocycles. The lowest BCUT2D eigenvalue weighted by Gasteiger charge is -2.45. The lowest BCUT2D eigenvalue weighted by Crippen LogP contribution is -2.45. The second-order valence-electron chi connectivity index (χ2n) is 8.18. The molecule has 2 aromatic rings. The zero-order valence-corrected chi connectivity index (χ0v) is 16.2. The number of aliphatic hydroxyl groups excluding tert-OH is 1. The van der Waals surface area contributed by atoms with Crippen molar-refractivity contribution in [2.75, 3.05) is 13.1 Å². The zero-order chi connectivity index (χ0) is 19.4. The third-order valence-corrected chi connectivity index (χ3v) is 6.34. The molecule has 0 atom stereocenters. The van der Waals surface area contributed by atoms with E-state index >= 15 is 0 Å². The molecule has 28 heavy (non-hydrogen) atoms. The number of ether oxygens (including phenoxy) is 1. The van der Waals surface area contributed by atoms with Crippen LogP contribution in [0.1, 0.15) is 54.4 Å². The van der Waals surface area contributed by atoms with Crippen LogP contribution < -0.4 is 4.74 Å². The quantitative estimate of drug-likeness (QED) is 0.876. The predicted octanol–water partition coefficient (Wildman–Crippen LogP) is 3.82. The zero-order valence-electron chi connectivity index (χ0n) is 16.2. The Morgan fingerprint density at radius 3 is 2.54 bits per heavy atom. The first kappa shape index (κ1) is 18.9. The van der Waals surface area contributed by atoms with Gasteiger partial charge >= 0.3 is 0 Å². The summed E-state index contributed by atoms with van der Waals surface area (Å²) in [7, 11) is 0. The Bertz CT molecular complexity index is 791. The van der Waals surface area contributed by atoms with E-state index < -0.39 is 0 Å². The van der Waals surface area contributed by atoms with Crippen LogP contribution in [0.25, 0.3) is 0 Å². The SMILES string of the molecule is O=C(c1ccnc(OCc2ccccc2)c1)N1CCC2(CCC(O)CC2)CC1. The second kappa shape index (κ2) is 8.31. The van der Waals surface area contributed by atoms with Gasteiger partial charge in [0.2, 0.25) is 5.88 Å². The van der Waals surface area contributed by atoms with Gasteiger partial charge < -0.3 is 14.7 Å². The maximum atomic E-state index is 13.0. The van der Waals surface area contributed by atoms with Crippen LogP contribution in [-0.4, -0.2) is 40.1 Å². The fraction of sp³-hybridized carbons (Fsp3) is 0.478. The van der Waals surface area contributed by atoms with E-state index in [9.17, 15) is 9.90 Å². The second-order valence-corrected chi connectivity index (χ2v) is 8.18. The van der Waals surface area contributed by atoms with Gasteiger partial charge in [0.15, 0.2) is 0 Å². The number of carbonyl (C=O) groups is 1. The van der Waals surface area contributed by atoms with E-state index in [2.05, 4.69) is 4.98 Å². The highest BCUT2D eigenvalue weighted by Gasteiger charge is 2.38. The number of aromatic nitrogens is 1. The summed E-state index contributed by atoms with van der Waals surface area (Å²) >= 11 is 0.